The molecule has 0 unspecified atom stereocenters. The third kappa shape index (κ3) is 1.44. The van der Waals surface area contributed by atoms with E-state index in [2.05, 4.69) is 14.5 Å². The largest absolute Gasteiger partial charge is 0.381 e. The van der Waals surface area contributed by atoms with E-state index in [0.29, 0.717) is 11.4 Å². The molecule has 0 aliphatic carbocycles. The Balaban J connectivity index is 2.10. The molecule has 1 saturated heterocycles. The van der Waals surface area contributed by atoms with Crippen LogP contribution in [0.15, 0.2) is 23.4 Å². The Bertz CT molecular complexity index is 552. The van der Waals surface area contributed by atoms with E-state index in [1.807, 2.05) is 12.3 Å². The van der Waals surface area contributed by atoms with Crippen LogP contribution in [0.5, 0.6) is 0 Å². The van der Waals surface area contributed by atoms with Crippen molar-refractivity contribution in [2.24, 2.45) is 0 Å². The fourth-order valence-electron chi connectivity index (χ4n) is 2.24. The first-order valence-electron chi connectivity index (χ1n) is 5.48. The smallest absolute Gasteiger partial charge is 0.260 e. The van der Waals surface area contributed by atoms with Gasteiger partial charge in [0.2, 0.25) is 0 Å². The van der Waals surface area contributed by atoms with E-state index >= 15 is 0 Å². The van der Waals surface area contributed by atoms with Crippen molar-refractivity contribution in [2.75, 3.05) is 13.2 Å². The van der Waals surface area contributed by atoms with Gasteiger partial charge in [0.25, 0.3) is 5.56 Å². The Labute approximate surface area is 92.1 Å². The maximum absolute atomic E-state index is 11.5. The molecule has 0 radical (unpaired) electrons. The summed E-state index contributed by atoms with van der Waals surface area (Å²) >= 11 is 0. The van der Waals surface area contributed by atoms with Gasteiger partial charge in [-0.25, -0.2) is 4.98 Å². The van der Waals surface area contributed by atoms with E-state index in [-0.39, 0.29) is 5.56 Å². The minimum absolute atomic E-state index is 0.0733. The minimum Gasteiger partial charge on any atom is -0.381 e. The maximum atomic E-state index is 11.5. The minimum atomic E-state index is -0.0733. The lowest BCUT2D eigenvalue weighted by molar-refractivity contribution is 0.0706. The van der Waals surface area contributed by atoms with Gasteiger partial charge in [-0.1, -0.05) is 0 Å². The summed E-state index contributed by atoms with van der Waals surface area (Å²) in [5, 5.41) is 0.661. The third-order valence-corrected chi connectivity index (χ3v) is 3.10. The summed E-state index contributed by atoms with van der Waals surface area (Å²) in [6.07, 6.45) is 5.37. The Morgan fingerprint density at radius 1 is 1.44 bits per heavy atom. The van der Waals surface area contributed by atoms with Crippen molar-refractivity contribution >= 4 is 11.0 Å². The van der Waals surface area contributed by atoms with Crippen LogP contribution in [0.3, 0.4) is 0 Å². The number of nitrogens with zero attached hydrogens (tertiary/aromatic N) is 2. The van der Waals surface area contributed by atoms with Crippen LogP contribution in [0, 0.1) is 0 Å². The standard InChI is InChI=1S/C11H13N3O2/c15-11-9-1-4-14(10(9)12-7-13-11)8-2-5-16-6-3-8/h1,4,7-8H,2-3,5-6H2,(H,12,13,15). The van der Waals surface area contributed by atoms with Gasteiger partial charge in [0.05, 0.1) is 11.7 Å². The number of hydrogen-bond acceptors (Lipinski definition) is 3. The summed E-state index contributed by atoms with van der Waals surface area (Å²) in [4.78, 5) is 18.4. The second-order valence-corrected chi connectivity index (χ2v) is 4.04. The molecule has 0 spiro atoms. The van der Waals surface area contributed by atoms with E-state index < -0.39 is 0 Å². The lowest BCUT2D eigenvalue weighted by Crippen LogP contribution is -2.19. The van der Waals surface area contributed by atoms with Crippen LogP contribution in [0.25, 0.3) is 11.0 Å². The Morgan fingerprint density at radius 3 is 3.06 bits per heavy atom. The summed E-state index contributed by atoms with van der Waals surface area (Å²) < 4.78 is 7.42. The first kappa shape index (κ1) is 9.59. The quantitative estimate of drug-likeness (QED) is 0.780. The molecule has 5 nitrogen and oxygen atoms in total. The van der Waals surface area contributed by atoms with Crippen LogP contribution < -0.4 is 5.56 Å². The molecule has 3 heterocycles. The van der Waals surface area contributed by atoms with Gasteiger partial charge >= 0.3 is 0 Å². The monoisotopic (exact) mass is 219 g/mol. The predicted octanol–water partition coefficient (Wildman–Crippen LogP) is 1.08. The summed E-state index contributed by atoms with van der Waals surface area (Å²) in [6, 6.07) is 2.23. The molecule has 0 bridgehead atoms. The zero-order chi connectivity index (χ0) is 11.0. The van der Waals surface area contributed by atoms with E-state index in [4.69, 9.17) is 4.74 Å². The first-order valence-corrected chi connectivity index (χ1v) is 5.48. The van der Waals surface area contributed by atoms with Gasteiger partial charge in [-0.3, -0.25) is 4.79 Å². The Morgan fingerprint density at radius 2 is 2.25 bits per heavy atom. The normalized spacial score (nSPS) is 18.0. The maximum Gasteiger partial charge on any atom is 0.260 e. The first-order chi connectivity index (χ1) is 7.86. The van der Waals surface area contributed by atoms with E-state index in [1.54, 1.807) is 0 Å². The number of rotatable bonds is 1. The molecule has 0 amide bonds. The average molecular weight is 219 g/mol. The van der Waals surface area contributed by atoms with Crippen molar-refractivity contribution in [3.05, 3.63) is 28.9 Å². The van der Waals surface area contributed by atoms with Crippen LogP contribution >= 0.6 is 0 Å². The second-order valence-electron chi connectivity index (χ2n) is 4.04. The fourth-order valence-corrected chi connectivity index (χ4v) is 2.24. The highest BCUT2D eigenvalue weighted by Gasteiger charge is 2.18. The van der Waals surface area contributed by atoms with Crippen molar-refractivity contribution in [1.29, 1.82) is 0 Å². The van der Waals surface area contributed by atoms with Gasteiger partial charge in [-0.05, 0) is 18.9 Å². The number of H-pyrrole nitrogens is 1. The fraction of sp³-hybridized carbons (Fsp3) is 0.455. The summed E-state index contributed by atoms with van der Waals surface area (Å²) in [5.41, 5.74) is 0.700. The second kappa shape index (κ2) is 3.75. The number of fused-ring (bicyclic) bond motifs is 1. The lowest BCUT2D eigenvalue weighted by atomic mass is 10.1. The predicted molar refractivity (Wildman–Crippen MR) is 59.4 cm³/mol. The molecule has 0 aromatic carbocycles. The molecule has 1 aliphatic heterocycles. The lowest BCUT2D eigenvalue weighted by Gasteiger charge is -2.23. The number of aromatic nitrogens is 3. The molecule has 84 valence electrons. The SMILES string of the molecule is O=c1[nH]cnc2c1ccn2C1CCOCC1. The highest BCUT2D eigenvalue weighted by Crippen LogP contribution is 2.24. The van der Waals surface area contributed by atoms with Crippen LogP contribution in [-0.2, 0) is 4.74 Å². The molecule has 2 aromatic heterocycles. The van der Waals surface area contributed by atoms with Crippen LogP contribution in [-0.4, -0.2) is 27.7 Å². The van der Waals surface area contributed by atoms with E-state index in [9.17, 15) is 4.79 Å². The molecule has 2 aromatic rings. The van der Waals surface area contributed by atoms with Crippen molar-refractivity contribution in [1.82, 2.24) is 14.5 Å². The number of hydrogen-bond donors (Lipinski definition) is 1. The van der Waals surface area contributed by atoms with E-state index in [1.165, 1.54) is 6.33 Å². The highest BCUT2D eigenvalue weighted by atomic mass is 16.5. The van der Waals surface area contributed by atoms with E-state index in [0.717, 1.165) is 31.7 Å². The van der Waals surface area contributed by atoms with Gasteiger partial charge in [0.15, 0.2) is 0 Å². The zero-order valence-electron chi connectivity index (χ0n) is 8.85. The van der Waals surface area contributed by atoms with Gasteiger partial charge in [-0.2, -0.15) is 0 Å². The van der Waals surface area contributed by atoms with Crippen molar-refractivity contribution < 1.29 is 4.74 Å². The molecule has 0 atom stereocenters. The third-order valence-electron chi connectivity index (χ3n) is 3.10. The van der Waals surface area contributed by atoms with Crippen LogP contribution in [0.2, 0.25) is 0 Å². The molecular weight excluding hydrogens is 206 g/mol. The molecule has 3 rings (SSSR count). The molecule has 0 saturated carbocycles. The molecule has 1 fully saturated rings. The number of ether oxygens (including phenoxy) is 1. The zero-order valence-corrected chi connectivity index (χ0v) is 8.85. The summed E-state index contributed by atoms with van der Waals surface area (Å²) in [7, 11) is 0. The van der Waals surface area contributed by atoms with Crippen LogP contribution in [0.1, 0.15) is 18.9 Å². The van der Waals surface area contributed by atoms with Gasteiger partial charge in [-0.15, -0.1) is 0 Å². The van der Waals surface area contributed by atoms with Crippen molar-refractivity contribution in [3.8, 4) is 0 Å². The molecular formula is C11H13N3O2. The van der Waals surface area contributed by atoms with Crippen molar-refractivity contribution in [3.63, 3.8) is 0 Å². The van der Waals surface area contributed by atoms with Gasteiger partial charge in [0.1, 0.15) is 5.65 Å². The Kier molecular flexibility index (Phi) is 2.25. The molecule has 1 aliphatic rings. The van der Waals surface area contributed by atoms with Crippen molar-refractivity contribution in [2.45, 2.75) is 18.9 Å². The number of nitrogens with one attached hydrogen (secondary N) is 1. The highest BCUT2D eigenvalue weighted by molar-refractivity contribution is 5.74. The number of aromatic amines is 1. The molecule has 16 heavy (non-hydrogen) atoms. The topological polar surface area (TPSA) is 59.9 Å². The Hall–Kier alpha value is -1.62. The van der Waals surface area contributed by atoms with Gasteiger partial charge in [0, 0.05) is 25.5 Å². The summed E-state index contributed by atoms with van der Waals surface area (Å²) in [5.74, 6) is 0. The molecule has 5 heteroatoms. The van der Waals surface area contributed by atoms with Gasteiger partial charge < -0.3 is 14.3 Å². The van der Waals surface area contributed by atoms with Crippen LogP contribution in [0.4, 0.5) is 0 Å². The molecule has 1 N–H and O–H groups in total. The summed E-state index contributed by atoms with van der Waals surface area (Å²) in [6.45, 7) is 1.57. The average Bonchev–Trinajstić information content (AvgIpc) is 2.75.